The van der Waals surface area contributed by atoms with Gasteiger partial charge in [-0.1, -0.05) is 0 Å². The molecule has 0 spiro atoms. The molecule has 0 bridgehead atoms. The lowest BCUT2D eigenvalue weighted by Crippen LogP contribution is -2.18. The highest BCUT2D eigenvalue weighted by molar-refractivity contribution is 5.69. The van der Waals surface area contributed by atoms with Crippen molar-refractivity contribution in [2.75, 3.05) is 20.1 Å². The highest BCUT2D eigenvalue weighted by Crippen LogP contribution is 1.37. The molecule has 0 unspecified atom stereocenters. The molecule has 0 aromatic rings. The summed E-state index contributed by atoms with van der Waals surface area (Å²) in [4.78, 5) is 9.00. The van der Waals surface area contributed by atoms with Crippen LogP contribution in [-0.4, -0.2) is 26.2 Å². The quantitative estimate of drug-likeness (QED) is 0.357. The summed E-state index contributed by atoms with van der Waals surface area (Å²) in [6.45, 7) is 1.65. The second-order valence-corrected chi connectivity index (χ2v) is 1.29. The van der Waals surface area contributed by atoms with Gasteiger partial charge in [0.25, 0.3) is 0 Å². The SMILES string of the molecule is CNCCN.NC(N)=O. The Morgan fingerprint density at radius 1 is 1.56 bits per heavy atom. The number of hydrogen-bond donors (Lipinski definition) is 4. The molecule has 0 aromatic heterocycles. The fourth-order valence-corrected chi connectivity index (χ4v) is 0.144. The highest BCUT2D eigenvalue weighted by Gasteiger charge is 1.64. The Morgan fingerprint density at radius 2 is 1.89 bits per heavy atom. The maximum atomic E-state index is 9.00. The first-order valence-corrected chi connectivity index (χ1v) is 2.54. The largest absolute Gasteiger partial charge is 0.352 e. The number of rotatable bonds is 2. The zero-order valence-corrected chi connectivity index (χ0v) is 5.55. The van der Waals surface area contributed by atoms with Crippen molar-refractivity contribution < 1.29 is 4.79 Å². The van der Waals surface area contributed by atoms with Gasteiger partial charge in [-0.2, -0.15) is 0 Å². The van der Waals surface area contributed by atoms with Crippen molar-refractivity contribution in [1.29, 1.82) is 0 Å². The van der Waals surface area contributed by atoms with Gasteiger partial charge < -0.3 is 22.5 Å². The molecule has 0 radical (unpaired) electrons. The number of nitrogens with two attached hydrogens (primary N) is 3. The van der Waals surface area contributed by atoms with E-state index in [2.05, 4.69) is 16.8 Å². The van der Waals surface area contributed by atoms with Crippen LogP contribution in [0.4, 0.5) is 4.79 Å². The fraction of sp³-hybridized carbons (Fsp3) is 0.750. The molecule has 0 aliphatic carbocycles. The molecule has 0 aliphatic heterocycles. The summed E-state index contributed by atoms with van der Waals surface area (Å²) in [7, 11) is 1.88. The monoisotopic (exact) mass is 134 g/mol. The topological polar surface area (TPSA) is 107 Å². The van der Waals surface area contributed by atoms with Gasteiger partial charge in [0.05, 0.1) is 0 Å². The van der Waals surface area contributed by atoms with Crippen LogP contribution in [0.1, 0.15) is 0 Å². The molecule has 0 aromatic carbocycles. The summed E-state index contributed by atoms with van der Waals surface area (Å²) in [5, 5.41) is 2.89. The predicted octanol–water partition coefficient (Wildman–Crippen LogP) is -1.81. The minimum atomic E-state index is -0.833. The third kappa shape index (κ3) is 137. The Kier molecular flexibility index (Phi) is 12.6. The van der Waals surface area contributed by atoms with Crippen molar-refractivity contribution in [2.24, 2.45) is 17.2 Å². The predicted molar refractivity (Wildman–Crippen MR) is 36.8 cm³/mol. The minimum absolute atomic E-state index is 0.733. The summed E-state index contributed by atoms with van der Waals surface area (Å²) in [6.07, 6.45) is 0. The first kappa shape index (κ1) is 11.0. The number of carbonyl (C=O) groups excluding carboxylic acids is 1. The van der Waals surface area contributed by atoms with E-state index in [4.69, 9.17) is 10.5 Å². The van der Waals surface area contributed by atoms with E-state index in [1.807, 2.05) is 7.05 Å². The van der Waals surface area contributed by atoms with Gasteiger partial charge >= 0.3 is 6.03 Å². The van der Waals surface area contributed by atoms with E-state index < -0.39 is 6.03 Å². The molecule has 2 amide bonds. The van der Waals surface area contributed by atoms with Crippen molar-refractivity contribution in [3.8, 4) is 0 Å². The minimum Gasteiger partial charge on any atom is -0.352 e. The van der Waals surface area contributed by atoms with Gasteiger partial charge in [-0.15, -0.1) is 0 Å². The average molecular weight is 134 g/mol. The molecular weight excluding hydrogens is 120 g/mol. The van der Waals surface area contributed by atoms with Crippen LogP contribution in [0.2, 0.25) is 0 Å². The van der Waals surface area contributed by atoms with Crippen LogP contribution in [0.25, 0.3) is 0 Å². The second kappa shape index (κ2) is 10.2. The van der Waals surface area contributed by atoms with Gasteiger partial charge in [-0.05, 0) is 7.05 Å². The van der Waals surface area contributed by atoms with E-state index in [0.717, 1.165) is 13.1 Å². The molecule has 0 aliphatic rings. The Bertz CT molecular complexity index is 59.6. The standard InChI is InChI=1S/C3H10N2.CH4N2O/c1-5-3-2-4;2-1(3)4/h5H,2-4H2,1H3;(H4,2,3,4). The first-order valence-electron chi connectivity index (χ1n) is 2.54. The summed E-state index contributed by atoms with van der Waals surface area (Å²) in [5.74, 6) is 0. The summed E-state index contributed by atoms with van der Waals surface area (Å²) >= 11 is 0. The number of urea groups is 1. The maximum absolute atomic E-state index is 9.00. The Balaban J connectivity index is 0. The molecule has 9 heavy (non-hydrogen) atoms. The number of primary amides is 2. The summed E-state index contributed by atoms with van der Waals surface area (Å²) < 4.78 is 0. The van der Waals surface area contributed by atoms with Crippen LogP contribution < -0.4 is 22.5 Å². The molecule has 7 N–H and O–H groups in total. The lowest BCUT2D eigenvalue weighted by Gasteiger charge is -1.85. The molecule has 0 saturated carbocycles. The lowest BCUT2D eigenvalue weighted by atomic mass is 10.7. The number of likely N-dealkylation sites (N-methyl/N-ethyl adjacent to an activating group) is 1. The first-order chi connectivity index (χ1) is 4.15. The van der Waals surface area contributed by atoms with Gasteiger partial charge in [0.1, 0.15) is 0 Å². The maximum Gasteiger partial charge on any atom is 0.309 e. The van der Waals surface area contributed by atoms with Crippen molar-refractivity contribution in [1.82, 2.24) is 5.32 Å². The number of hydrogen-bond acceptors (Lipinski definition) is 3. The van der Waals surface area contributed by atoms with Gasteiger partial charge in [0.2, 0.25) is 0 Å². The van der Waals surface area contributed by atoms with Gasteiger partial charge in [-0.3, -0.25) is 0 Å². The van der Waals surface area contributed by atoms with E-state index in [1.54, 1.807) is 0 Å². The lowest BCUT2D eigenvalue weighted by molar-refractivity contribution is 0.256. The molecule has 0 rings (SSSR count). The number of nitrogens with one attached hydrogen (secondary N) is 1. The van der Waals surface area contributed by atoms with Crippen molar-refractivity contribution in [3.63, 3.8) is 0 Å². The van der Waals surface area contributed by atoms with Gasteiger partial charge in [0, 0.05) is 13.1 Å². The van der Waals surface area contributed by atoms with Crippen LogP contribution in [0.15, 0.2) is 0 Å². The van der Waals surface area contributed by atoms with Crippen LogP contribution in [-0.2, 0) is 0 Å². The number of carbonyl (C=O) groups is 1. The van der Waals surface area contributed by atoms with E-state index >= 15 is 0 Å². The van der Waals surface area contributed by atoms with Crippen molar-refractivity contribution in [2.45, 2.75) is 0 Å². The van der Waals surface area contributed by atoms with E-state index in [1.165, 1.54) is 0 Å². The van der Waals surface area contributed by atoms with E-state index in [-0.39, 0.29) is 0 Å². The smallest absolute Gasteiger partial charge is 0.309 e. The summed E-state index contributed by atoms with van der Waals surface area (Å²) in [5.41, 5.74) is 13.6. The van der Waals surface area contributed by atoms with Gasteiger partial charge in [0.15, 0.2) is 0 Å². The zero-order chi connectivity index (χ0) is 7.70. The van der Waals surface area contributed by atoms with E-state index in [0.29, 0.717) is 0 Å². The average Bonchev–Trinajstić information content (AvgIpc) is 1.66. The highest BCUT2D eigenvalue weighted by atomic mass is 16.2. The molecule has 0 atom stereocenters. The Labute approximate surface area is 54.6 Å². The molecule has 0 saturated heterocycles. The van der Waals surface area contributed by atoms with Crippen LogP contribution in [0.5, 0.6) is 0 Å². The van der Waals surface area contributed by atoms with Crippen molar-refractivity contribution >= 4 is 6.03 Å². The normalized spacial score (nSPS) is 7.33. The number of amides is 2. The zero-order valence-electron chi connectivity index (χ0n) is 5.55. The fourth-order valence-electron chi connectivity index (χ4n) is 0.144. The molecular formula is C4H14N4O. The van der Waals surface area contributed by atoms with Crippen LogP contribution in [0.3, 0.4) is 0 Å². The Hall–Kier alpha value is -0.810. The van der Waals surface area contributed by atoms with Gasteiger partial charge in [-0.25, -0.2) is 4.79 Å². The third-order valence-corrected chi connectivity index (χ3v) is 0.394. The molecule has 5 nitrogen and oxygen atoms in total. The second-order valence-electron chi connectivity index (χ2n) is 1.29. The molecule has 56 valence electrons. The van der Waals surface area contributed by atoms with Crippen LogP contribution >= 0.6 is 0 Å². The molecule has 0 fully saturated rings. The third-order valence-electron chi connectivity index (χ3n) is 0.394. The van der Waals surface area contributed by atoms with Crippen LogP contribution in [0, 0.1) is 0 Å². The Morgan fingerprint density at radius 3 is 1.89 bits per heavy atom. The molecule has 5 heteroatoms. The molecule has 0 heterocycles. The van der Waals surface area contributed by atoms with Crippen molar-refractivity contribution in [3.05, 3.63) is 0 Å². The summed E-state index contributed by atoms with van der Waals surface area (Å²) in [6, 6.07) is -0.833. The van der Waals surface area contributed by atoms with E-state index in [9.17, 15) is 0 Å².